The molecule has 1 spiro atoms. The van der Waals surface area contributed by atoms with Crippen LogP contribution < -0.4 is 14.8 Å². The first-order valence-electron chi connectivity index (χ1n) is 17.8. The summed E-state index contributed by atoms with van der Waals surface area (Å²) in [5.41, 5.74) is 3.83. The summed E-state index contributed by atoms with van der Waals surface area (Å²) >= 11 is 0. The lowest BCUT2D eigenvalue weighted by atomic mass is 9.86. The molecule has 5 heterocycles. The van der Waals surface area contributed by atoms with E-state index in [2.05, 4.69) is 25.1 Å². The number of ether oxygens (including phenoxy) is 2. The monoisotopic (exact) mass is 709 g/mol. The van der Waals surface area contributed by atoms with E-state index >= 15 is 8.78 Å². The number of piperazine rings is 1. The van der Waals surface area contributed by atoms with Crippen molar-refractivity contribution in [3.63, 3.8) is 0 Å². The van der Waals surface area contributed by atoms with Gasteiger partial charge in [-0.05, 0) is 43.0 Å². The molecule has 270 valence electrons. The van der Waals surface area contributed by atoms with Gasteiger partial charge in [0, 0.05) is 93.0 Å². The van der Waals surface area contributed by atoms with Crippen LogP contribution in [0.5, 0.6) is 11.8 Å². The van der Waals surface area contributed by atoms with Crippen LogP contribution in [-0.2, 0) is 22.6 Å². The van der Waals surface area contributed by atoms with E-state index in [1.807, 2.05) is 11.0 Å². The molecule has 2 amide bonds. The van der Waals surface area contributed by atoms with E-state index in [1.54, 1.807) is 50.4 Å². The first kappa shape index (κ1) is 34.1. The number of hydrogen-bond acceptors (Lipinski definition) is 9. The molecule has 0 saturated carbocycles. The van der Waals surface area contributed by atoms with Crippen molar-refractivity contribution in [3.8, 4) is 45.4 Å². The van der Waals surface area contributed by atoms with Gasteiger partial charge in [-0.1, -0.05) is 24.3 Å². The minimum absolute atomic E-state index is 0.0599. The van der Waals surface area contributed by atoms with Gasteiger partial charge in [0.15, 0.2) is 0 Å². The Bertz CT molecular complexity index is 2060. The van der Waals surface area contributed by atoms with Gasteiger partial charge in [-0.2, -0.15) is 0 Å². The van der Waals surface area contributed by atoms with E-state index in [0.717, 1.165) is 43.5 Å². The molecule has 8 rings (SSSR count). The molecule has 1 N–H and O–H groups in total. The summed E-state index contributed by atoms with van der Waals surface area (Å²) in [4.78, 5) is 43.9. The van der Waals surface area contributed by atoms with Gasteiger partial charge in [0.25, 0.3) is 0 Å². The topological polar surface area (TPSA) is 113 Å². The molecule has 11 nitrogen and oxygen atoms in total. The van der Waals surface area contributed by atoms with Gasteiger partial charge in [0.1, 0.15) is 17.3 Å². The lowest BCUT2D eigenvalue weighted by molar-refractivity contribution is -0.130. The van der Waals surface area contributed by atoms with Crippen molar-refractivity contribution in [2.75, 3.05) is 53.5 Å². The number of carbonyl (C=O) groups is 2. The van der Waals surface area contributed by atoms with Crippen LogP contribution >= 0.6 is 0 Å². The quantitative estimate of drug-likeness (QED) is 0.276. The van der Waals surface area contributed by atoms with Crippen molar-refractivity contribution >= 4 is 11.8 Å². The first-order valence-corrected chi connectivity index (χ1v) is 17.8. The number of carbonyl (C=O) groups excluding carboxylic acids is 2. The molecule has 3 aliphatic heterocycles. The van der Waals surface area contributed by atoms with Gasteiger partial charge in [-0.3, -0.25) is 24.4 Å². The highest BCUT2D eigenvalue weighted by Crippen LogP contribution is 2.47. The number of benzene rings is 2. The predicted molar refractivity (Wildman–Crippen MR) is 189 cm³/mol. The fraction of sp³-hybridized carbons (Fsp3) is 0.410. The van der Waals surface area contributed by atoms with Gasteiger partial charge >= 0.3 is 0 Å². The molecule has 4 aromatic rings. The zero-order valence-corrected chi connectivity index (χ0v) is 29.5. The number of fused-ring (bicyclic) bond motifs is 1. The first-order chi connectivity index (χ1) is 25.2. The molecule has 2 aromatic heterocycles. The standard InChI is InChI=1S/C39H41F2N7O4/c1-23(49)47-16-14-46(15-17-47)20-31-37(51-2)44-30(19-42-31)28-9-5-7-26(36(28)41)25-6-4-8-27(35(25)40)29-18-24-10-11-32(34(24)38(43-29)52-3)48-21-39(22-48)13-12-33(50)45-39/h4-9,18-19,32H,10-17,20-22H2,1-3H3,(H,45,50). The molecule has 0 radical (unpaired) electrons. The van der Waals surface area contributed by atoms with E-state index < -0.39 is 11.6 Å². The number of aromatic nitrogens is 3. The van der Waals surface area contributed by atoms with Crippen molar-refractivity contribution in [1.82, 2.24) is 35.0 Å². The number of likely N-dealkylation sites (tertiary alicyclic amines) is 1. The average molecular weight is 710 g/mol. The molecular formula is C39H41F2N7O4. The molecule has 1 aliphatic carbocycles. The zero-order chi connectivity index (χ0) is 36.1. The second kappa shape index (κ2) is 13.5. The Kier molecular flexibility index (Phi) is 8.86. The maximum absolute atomic E-state index is 16.5. The molecule has 52 heavy (non-hydrogen) atoms. The number of nitrogens with zero attached hydrogens (tertiary/aromatic N) is 6. The van der Waals surface area contributed by atoms with E-state index in [9.17, 15) is 9.59 Å². The molecule has 1 unspecified atom stereocenters. The number of amides is 2. The van der Waals surface area contributed by atoms with Crippen LogP contribution in [0.3, 0.4) is 0 Å². The normalized spacial score (nSPS) is 19.8. The summed E-state index contributed by atoms with van der Waals surface area (Å²) in [6.45, 7) is 6.30. The van der Waals surface area contributed by atoms with Crippen LogP contribution in [0.15, 0.2) is 48.7 Å². The third-order valence-electron chi connectivity index (χ3n) is 11.0. The average Bonchev–Trinajstić information content (AvgIpc) is 3.75. The summed E-state index contributed by atoms with van der Waals surface area (Å²) in [6.07, 6.45) is 4.61. The van der Waals surface area contributed by atoms with E-state index in [1.165, 1.54) is 13.3 Å². The Morgan fingerprint density at radius 1 is 0.904 bits per heavy atom. The Morgan fingerprint density at radius 3 is 2.15 bits per heavy atom. The molecule has 13 heteroatoms. The Hall–Kier alpha value is -5.01. The fourth-order valence-electron chi connectivity index (χ4n) is 8.31. The van der Waals surface area contributed by atoms with Crippen LogP contribution in [0.1, 0.15) is 49.0 Å². The highest BCUT2D eigenvalue weighted by atomic mass is 19.1. The van der Waals surface area contributed by atoms with Crippen LogP contribution in [0.4, 0.5) is 8.78 Å². The minimum Gasteiger partial charge on any atom is -0.481 e. The Labute approximate surface area is 301 Å². The molecular weight excluding hydrogens is 668 g/mol. The third-order valence-corrected chi connectivity index (χ3v) is 11.0. The van der Waals surface area contributed by atoms with E-state index in [-0.39, 0.29) is 57.2 Å². The Morgan fingerprint density at radius 2 is 1.54 bits per heavy atom. The van der Waals surface area contributed by atoms with Gasteiger partial charge in [-0.25, -0.2) is 18.7 Å². The van der Waals surface area contributed by atoms with Gasteiger partial charge in [-0.15, -0.1) is 0 Å². The number of nitrogens with one attached hydrogen (secondary N) is 1. The van der Waals surface area contributed by atoms with Crippen LogP contribution in [0, 0.1) is 11.6 Å². The lowest BCUT2D eigenvalue weighted by Crippen LogP contribution is -2.67. The second-order valence-corrected chi connectivity index (χ2v) is 14.2. The van der Waals surface area contributed by atoms with Gasteiger partial charge < -0.3 is 19.7 Å². The van der Waals surface area contributed by atoms with Crippen molar-refractivity contribution in [2.24, 2.45) is 0 Å². The zero-order valence-electron chi connectivity index (χ0n) is 29.5. The van der Waals surface area contributed by atoms with Crippen molar-refractivity contribution in [2.45, 2.75) is 50.7 Å². The largest absolute Gasteiger partial charge is 0.481 e. The van der Waals surface area contributed by atoms with Crippen LogP contribution in [0.25, 0.3) is 33.6 Å². The number of hydrogen-bond donors (Lipinski definition) is 1. The number of aryl methyl sites for hydroxylation is 1. The highest BCUT2D eigenvalue weighted by molar-refractivity contribution is 5.80. The molecule has 1 atom stereocenters. The number of halogens is 2. The summed E-state index contributed by atoms with van der Waals surface area (Å²) in [5, 5.41) is 3.15. The maximum atomic E-state index is 16.5. The molecule has 0 bridgehead atoms. The second-order valence-electron chi connectivity index (χ2n) is 14.2. The van der Waals surface area contributed by atoms with Gasteiger partial charge in [0.05, 0.1) is 37.3 Å². The highest BCUT2D eigenvalue weighted by Gasteiger charge is 2.51. The fourth-order valence-corrected chi connectivity index (χ4v) is 8.31. The van der Waals surface area contributed by atoms with Crippen molar-refractivity contribution in [1.29, 1.82) is 0 Å². The van der Waals surface area contributed by atoms with Crippen LogP contribution in [-0.4, -0.2) is 100 Å². The Balaban J connectivity index is 1.05. The summed E-state index contributed by atoms with van der Waals surface area (Å²) in [6, 6.07) is 11.8. The number of rotatable bonds is 8. The van der Waals surface area contributed by atoms with Gasteiger partial charge in [0.2, 0.25) is 23.6 Å². The molecule has 4 aliphatic rings. The predicted octanol–water partition coefficient (Wildman–Crippen LogP) is 4.78. The molecule has 2 aromatic carbocycles. The van der Waals surface area contributed by atoms with Crippen molar-refractivity contribution < 1.29 is 27.8 Å². The summed E-state index contributed by atoms with van der Waals surface area (Å²) < 4.78 is 44.3. The summed E-state index contributed by atoms with van der Waals surface area (Å²) in [5.74, 6) is -0.307. The summed E-state index contributed by atoms with van der Waals surface area (Å²) in [7, 11) is 3.07. The number of methoxy groups -OCH3 is 2. The molecule has 3 saturated heterocycles. The maximum Gasteiger partial charge on any atom is 0.237 e. The SMILES string of the molecule is COc1nc(-c2cccc(-c3cccc(-c4cc5c(c(OC)n4)C(N4CC6(CCC(=O)N6)C4)CC5)c3F)c2F)cnc1CN1CCN(C(C)=O)CC1. The smallest absolute Gasteiger partial charge is 0.237 e. The molecule has 3 fully saturated rings. The third kappa shape index (κ3) is 6.05. The van der Waals surface area contributed by atoms with E-state index in [0.29, 0.717) is 56.4 Å². The van der Waals surface area contributed by atoms with Crippen molar-refractivity contribution in [3.05, 3.63) is 77.1 Å². The minimum atomic E-state index is -0.629. The number of pyridine rings is 1. The van der Waals surface area contributed by atoms with Crippen LogP contribution in [0.2, 0.25) is 0 Å². The van der Waals surface area contributed by atoms with E-state index in [4.69, 9.17) is 14.5 Å². The lowest BCUT2D eigenvalue weighted by Gasteiger charge is -2.50.